The molecule has 0 aromatic heterocycles. The van der Waals surface area contributed by atoms with Crippen molar-refractivity contribution in [3.63, 3.8) is 0 Å². The van der Waals surface area contributed by atoms with Crippen LogP contribution in [0.15, 0.2) is 30.3 Å². The Labute approximate surface area is 97.7 Å². The Morgan fingerprint density at radius 3 is 2.56 bits per heavy atom. The highest BCUT2D eigenvalue weighted by Gasteiger charge is 2.44. The first kappa shape index (κ1) is 11.6. The van der Waals surface area contributed by atoms with Crippen molar-refractivity contribution in [2.45, 2.75) is 31.8 Å². The monoisotopic (exact) mass is 219 g/mol. The van der Waals surface area contributed by atoms with E-state index in [4.69, 9.17) is 0 Å². The quantitative estimate of drug-likeness (QED) is 0.719. The molecule has 0 heterocycles. The van der Waals surface area contributed by atoms with Gasteiger partial charge in [-0.15, -0.1) is 0 Å². The number of nitrogens with one attached hydrogen (secondary N) is 1. The van der Waals surface area contributed by atoms with Gasteiger partial charge < -0.3 is 10.4 Å². The van der Waals surface area contributed by atoms with Crippen LogP contribution in [-0.4, -0.2) is 18.2 Å². The van der Waals surface area contributed by atoms with Crippen LogP contribution in [0.4, 0.5) is 0 Å². The van der Waals surface area contributed by atoms with Gasteiger partial charge in [-0.1, -0.05) is 37.3 Å². The normalized spacial score (nSPS) is 19.4. The van der Waals surface area contributed by atoms with Gasteiger partial charge in [0.2, 0.25) is 0 Å². The summed E-state index contributed by atoms with van der Waals surface area (Å²) in [4.78, 5) is 0. The first-order valence-electron chi connectivity index (χ1n) is 6.26. The molecule has 2 nitrogen and oxygen atoms in total. The molecule has 0 bridgehead atoms. The van der Waals surface area contributed by atoms with Crippen LogP contribution in [0.2, 0.25) is 0 Å². The molecule has 0 radical (unpaired) electrons. The SMILES string of the molecule is CCCNCC(O)(c1ccccc1)C1CC1. The molecular formula is C14H21NO. The molecule has 1 aromatic rings. The summed E-state index contributed by atoms with van der Waals surface area (Å²) in [6.45, 7) is 3.79. The summed E-state index contributed by atoms with van der Waals surface area (Å²) in [5.41, 5.74) is 0.400. The Hall–Kier alpha value is -0.860. The lowest BCUT2D eigenvalue weighted by atomic mass is 9.88. The van der Waals surface area contributed by atoms with E-state index in [0.29, 0.717) is 12.5 Å². The summed E-state index contributed by atoms with van der Waals surface area (Å²) in [6, 6.07) is 10.1. The summed E-state index contributed by atoms with van der Waals surface area (Å²) in [7, 11) is 0. The van der Waals surface area contributed by atoms with E-state index < -0.39 is 5.60 Å². The molecule has 0 spiro atoms. The Balaban J connectivity index is 2.09. The fraction of sp³-hybridized carbons (Fsp3) is 0.571. The van der Waals surface area contributed by atoms with Crippen molar-refractivity contribution in [1.82, 2.24) is 5.32 Å². The van der Waals surface area contributed by atoms with Crippen LogP contribution in [0.25, 0.3) is 0 Å². The van der Waals surface area contributed by atoms with Gasteiger partial charge in [-0.3, -0.25) is 0 Å². The molecule has 0 aliphatic heterocycles. The molecule has 2 N–H and O–H groups in total. The van der Waals surface area contributed by atoms with E-state index in [1.807, 2.05) is 30.3 Å². The molecule has 1 aliphatic carbocycles. The summed E-state index contributed by atoms with van der Waals surface area (Å²) in [5.74, 6) is 0.444. The van der Waals surface area contributed by atoms with E-state index in [0.717, 1.165) is 31.4 Å². The fourth-order valence-electron chi connectivity index (χ4n) is 2.23. The minimum absolute atomic E-state index is 0.444. The van der Waals surface area contributed by atoms with Crippen LogP contribution < -0.4 is 5.32 Å². The minimum Gasteiger partial charge on any atom is -0.384 e. The maximum absolute atomic E-state index is 10.8. The van der Waals surface area contributed by atoms with Crippen molar-refractivity contribution >= 4 is 0 Å². The third kappa shape index (κ3) is 2.45. The smallest absolute Gasteiger partial charge is 0.105 e. The molecular weight excluding hydrogens is 198 g/mol. The first-order chi connectivity index (χ1) is 7.77. The third-order valence-corrected chi connectivity index (χ3v) is 3.35. The zero-order chi connectivity index (χ0) is 11.4. The zero-order valence-electron chi connectivity index (χ0n) is 9.95. The van der Waals surface area contributed by atoms with Gasteiger partial charge >= 0.3 is 0 Å². The standard InChI is InChI=1S/C14H21NO/c1-2-10-15-11-14(16,13-8-9-13)12-6-4-3-5-7-12/h3-7,13,15-16H,2,8-11H2,1H3. The van der Waals surface area contributed by atoms with Gasteiger partial charge in [0.15, 0.2) is 0 Å². The van der Waals surface area contributed by atoms with Crippen LogP contribution in [0.3, 0.4) is 0 Å². The van der Waals surface area contributed by atoms with E-state index in [1.165, 1.54) is 0 Å². The van der Waals surface area contributed by atoms with Crippen molar-refractivity contribution in [3.05, 3.63) is 35.9 Å². The number of rotatable bonds is 6. The molecule has 0 amide bonds. The highest BCUT2D eigenvalue weighted by atomic mass is 16.3. The Kier molecular flexibility index (Phi) is 3.62. The average molecular weight is 219 g/mol. The van der Waals surface area contributed by atoms with Gasteiger partial charge in [0.25, 0.3) is 0 Å². The van der Waals surface area contributed by atoms with E-state index in [2.05, 4.69) is 12.2 Å². The number of aliphatic hydroxyl groups is 1. The molecule has 1 unspecified atom stereocenters. The molecule has 16 heavy (non-hydrogen) atoms. The molecule has 1 fully saturated rings. The van der Waals surface area contributed by atoms with Crippen molar-refractivity contribution in [2.24, 2.45) is 5.92 Å². The van der Waals surface area contributed by atoms with Gasteiger partial charge in [0, 0.05) is 6.54 Å². The first-order valence-corrected chi connectivity index (χ1v) is 6.26. The average Bonchev–Trinajstić information content (AvgIpc) is 3.14. The predicted molar refractivity (Wildman–Crippen MR) is 66.2 cm³/mol. The summed E-state index contributed by atoms with van der Waals surface area (Å²) >= 11 is 0. The van der Waals surface area contributed by atoms with Crippen LogP contribution in [0.1, 0.15) is 31.7 Å². The largest absolute Gasteiger partial charge is 0.384 e. The summed E-state index contributed by atoms with van der Waals surface area (Å²) in [6.07, 6.45) is 3.41. The number of hydrogen-bond acceptors (Lipinski definition) is 2. The highest BCUT2D eigenvalue weighted by Crippen LogP contribution is 2.45. The van der Waals surface area contributed by atoms with Gasteiger partial charge in [0.1, 0.15) is 5.60 Å². The Morgan fingerprint density at radius 1 is 1.31 bits per heavy atom. The van der Waals surface area contributed by atoms with Crippen molar-refractivity contribution < 1.29 is 5.11 Å². The Bertz CT molecular complexity index is 321. The van der Waals surface area contributed by atoms with Crippen molar-refractivity contribution in [1.29, 1.82) is 0 Å². The summed E-state index contributed by atoms with van der Waals surface area (Å²) in [5, 5.41) is 14.1. The molecule has 2 rings (SSSR count). The van der Waals surface area contributed by atoms with Crippen LogP contribution >= 0.6 is 0 Å². The van der Waals surface area contributed by atoms with Crippen molar-refractivity contribution in [2.75, 3.05) is 13.1 Å². The summed E-state index contributed by atoms with van der Waals surface area (Å²) < 4.78 is 0. The van der Waals surface area contributed by atoms with E-state index >= 15 is 0 Å². The van der Waals surface area contributed by atoms with E-state index in [-0.39, 0.29) is 0 Å². The third-order valence-electron chi connectivity index (χ3n) is 3.35. The minimum atomic E-state index is -0.656. The maximum atomic E-state index is 10.8. The lowest BCUT2D eigenvalue weighted by Crippen LogP contribution is -2.40. The van der Waals surface area contributed by atoms with Crippen LogP contribution in [-0.2, 0) is 5.60 Å². The van der Waals surface area contributed by atoms with Gasteiger partial charge in [-0.25, -0.2) is 0 Å². The molecule has 1 atom stereocenters. The van der Waals surface area contributed by atoms with E-state index in [9.17, 15) is 5.11 Å². The highest BCUT2D eigenvalue weighted by molar-refractivity contribution is 5.25. The number of hydrogen-bond donors (Lipinski definition) is 2. The maximum Gasteiger partial charge on any atom is 0.105 e. The number of benzene rings is 1. The second-order valence-electron chi connectivity index (χ2n) is 4.74. The Morgan fingerprint density at radius 2 is 2.00 bits per heavy atom. The second kappa shape index (κ2) is 4.98. The van der Waals surface area contributed by atoms with Gasteiger partial charge in [-0.2, -0.15) is 0 Å². The van der Waals surface area contributed by atoms with E-state index in [1.54, 1.807) is 0 Å². The van der Waals surface area contributed by atoms with Gasteiger partial charge in [0.05, 0.1) is 0 Å². The van der Waals surface area contributed by atoms with Crippen molar-refractivity contribution in [3.8, 4) is 0 Å². The second-order valence-corrected chi connectivity index (χ2v) is 4.74. The topological polar surface area (TPSA) is 32.3 Å². The molecule has 0 saturated heterocycles. The predicted octanol–water partition coefficient (Wildman–Crippen LogP) is 2.28. The molecule has 2 heteroatoms. The zero-order valence-corrected chi connectivity index (χ0v) is 9.95. The molecule has 1 aliphatic rings. The fourth-order valence-corrected chi connectivity index (χ4v) is 2.23. The molecule has 1 saturated carbocycles. The lowest BCUT2D eigenvalue weighted by Gasteiger charge is -2.29. The van der Waals surface area contributed by atoms with Gasteiger partial charge in [-0.05, 0) is 37.3 Å². The van der Waals surface area contributed by atoms with Crippen LogP contribution in [0.5, 0.6) is 0 Å². The molecule has 88 valence electrons. The lowest BCUT2D eigenvalue weighted by molar-refractivity contribution is 0.0137. The van der Waals surface area contributed by atoms with Crippen LogP contribution in [0, 0.1) is 5.92 Å². The molecule has 1 aromatic carbocycles.